The molecule has 0 bridgehead atoms. The molecule has 0 aliphatic carbocycles. The van der Waals surface area contributed by atoms with Crippen molar-refractivity contribution in [2.75, 3.05) is 11.1 Å². The van der Waals surface area contributed by atoms with Gasteiger partial charge in [0.2, 0.25) is 0 Å². The van der Waals surface area contributed by atoms with Crippen molar-refractivity contribution in [3.05, 3.63) is 63.5 Å². The number of rotatable bonds is 4. The second kappa shape index (κ2) is 8.10. The molecule has 1 aliphatic rings. The van der Waals surface area contributed by atoms with Crippen molar-refractivity contribution in [2.24, 2.45) is 5.73 Å². The van der Waals surface area contributed by atoms with Crippen molar-refractivity contribution < 1.29 is 14.7 Å². The molecule has 1 aromatic carbocycles. The number of carbonyl (C=O) groups excluding carboxylic acids is 1. The molecule has 8 nitrogen and oxygen atoms in total. The van der Waals surface area contributed by atoms with Gasteiger partial charge in [0.25, 0.3) is 5.91 Å². The Morgan fingerprint density at radius 2 is 1.94 bits per heavy atom. The van der Waals surface area contributed by atoms with E-state index in [1.165, 1.54) is 23.5 Å². The van der Waals surface area contributed by atoms with Gasteiger partial charge in [0.05, 0.1) is 23.5 Å². The predicted octanol–water partition coefficient (Wildman–Crippen LogP) is 4.12. The fraction of sp³-hybridized carbons (Fsp3) is 0.0909. The van der Waals surface area contributed by atoms with Crippen LogP contribution in [-0.2, 0) is 13.1 Å². The van der Waals surface area contributed by atoms with Gasteiger partial charge in [0.15, 0.2) is 5.11 Å². The van der Waals surface area contributed by atoms with E-state index in [1.807, 2.05) is 22.4 Å². The summed E-state index contributed by atoms with van der Waals surface area (Å²) in [5, 5.41) is 15.5. The molecule has 166 valence electrons. The Morgan fingerprint density at radius 1 is 1.18 bits per heavy atom. The number of nitrogens with zero attached hydrogens (tertiary/aromatic N) is 2. The van der Waals surface area contributed by atoms with Crippen LogP contribution in [-0.4, -0.2) is 32.0 Å². The van der Waals surface area contributed by atoms with E-state index in [4.69, 9.17) is 33.8 Å². The molecule has 0 atom stereocenters. The zero-order chi connectivity index (χ0) is 23.3. The first-order valence-corrected chi connectivity index (χ1v) is 11.9. The standard InChI is InChI=1S/C22H17N5O3S3/c23-17-16-15(14-2-1-7-32-14)12-8-27(9-13(12)26-20(16)33-18(17)19(24)28)22(31)25-11-5-3-10(4-6-11)21(29)30/h1-7H,8-9,23H2,(H2,24,28)(H,25,31)(H,29,30). The Morgan fingerprint density at radius 3 is 2.58 bits per heavy atom. The SMILES string of the molecule is NC(=O)c1sc2nc3c(c(-c4cccs4)c2c1N)CN(C(=S)Nc1ccc(C(=O)O)cc1)C3. The summed E-state index contributed by atoms with van der Waals surface area (Å²) in [4.78, 5) is 31.8. The van der Waals surface area contributed by atoms with Gasteiger partial charge in [-0.05, 0) is 47.9 Å². The Hall–Kier alpha value is -3.54. The summed E-state index contributed by atoms with van der Waals surface area (Å²) in [5.74, 6) is -1.54. The van der Waals surface area contributed by atoms with E-state index in [0.717, 1.165) is 27.1 Å². The van der Waals surface area contributed by atoms with Crippen molar-refractivity contribution in [3.63, 3.8) is 0 Å². The van der Waals surface area contributed by atoms with Crippen molar-refractivity contribution >= 4 is 73.5 Å². The Kier molecular flexibility index (Phi) is 5.23. The molecular weight excluding hydrogens is 478 g/mol. The maximum absolute atomic E-state index is 11.9. The molecule has 0 saturated heterocycles. The lowest BCUT2D eigenvalue weighted by atomic mass is 10.0. The lowest BCUT2D eigenvalue weighted by Crippen LogP contribution is -2.30. The molecule has 5 rings (SSSR count). The number of hydrogen-bond acceptors (Lipinski definition) is 7. The molecule has 11 heteroatoms. The van der Waals surface area contributed by atoms with Gasteiger partial charge in [-0.1, -0.05) is 6.07 Å². The third-order valence-corrected chi connectivity index (χ3v) is 7.78. The maximum atomic E-state index is 11.9. The van der Waals surface area contributed by atoms with Crippen LogP contribution in [0.25, 0.3) is 20.7 Å². The van der Waals surface area contributed by atoms with E-state index in [0.29, 0.717) is 39.3 Å². The van der Waals surface area contributed by atoms with Crippen molar-refractivity contribution in [3.8, 4) is 10.4 Å². The first kappa shape index (κ1) is 21.3. The van der Waals surface area contributed by atoms with Gasteiger partial charge in [-0.25, -0.2) is 9.78 Å². The molecule has 6 N–H and O–H groups in total. The fourth-order valence-electron chi connectivity index (χ4n) is 3.88. The van der Waals surface area contributed by atoms with Gasteiger partial charge < -0.3 is 26.8 Å². The minimum absolute atomic E-state index is 0.206. The summed E-state index contributed by atoms with van der Waals surface area (Å²) in [7, 11) is 0. The number of pyridine rings is 1. The number of nitrogens with one attached hydrogen (secondary N) is 1. The molecule has 0 radical (unpaired) electrons. The topological polar surface area (TPSA) is 135 Å². The highest BCUT2D eigenvalue weighted by Crippen LogP contribution is 2.45. The predicted molar refractivity (Wildman–Crippen MR) is 135 cm³/mol. The molecule has 33 heavy (non-hydrogen) atoms. The van der Waals surface area contributed by atoms with E-state index in [-0.39, 0.29) is 5.56 Å². The van der Waals surface area contributed by atoms with Crippen LogP contribution in [0.1, 0.15) is 31.3 Å². The largest absolute Gasteiger partial charge is 0.478 e. The summed E-state index contributed by atoms with van der Waals surface area (Å²) in [5.41, 5.74) is 16.0. The third kappa shape index (κ3) is 3.69. The number of anilines is 2. The summed E-state index contributed by atoms with van der Waals surface area (Å²) < 4.78 is 0. The molecule has 1 amide bonds. The number of carboxylic acid groups (broad SMARTS) is 1. The first-order valence-electron chi connectivity index (χ1n) is 9.80. The van der Waals surface area contributed by atoms with E-state index in [1.54, 1.807) is 23.5 Å². The fourth-order valence-corrected chi connectivity index (χ4v) is 5.91. The summed E-state index contributed by atoms with van der Waals surface area (Å²) in [6.45, 7) is 1.01. The van der Waals surface area contributed by atoms with E-state index < -0.39 is 11.9 Å². The van der Waals surface area contributed by atoms with Crippen LogP contribution in [0.5, 0.6) is 0 Å². The van der Waals surface area contributed by atoms with E-state index in [2.05, 4.69) is 5.32 Å². The molecular formula is C22H17N5O3S3. The van der Waals surface area contributed by atoms with Gasteiger partial charge in [-0.15, -0.1) is 22.7 Å². The number of hydrogen-bond donors (Lipinski definition) is 4. The highest BCUT2D eigenvalue weighted by atomic mass is 32.1. The van der Waals surface area contributed by atoms with Crippen LogP contribution in [0, 0.1) is 0 Å². The number of fused-ring (bicyclic) bond motifs is 2. The minimum Gasteiger partial charge on any atom is -0.478 e. The Bertz CT molecular complexity index is 1430. The number of aromatic nitrogens is 1. The molecule has 0 saturated carbocycles. The number of carboxylic acids is 1. The van der Waals surface area contributed by atoms with Crippen molar-refractivity contribution in [2.45, 2.75) is 13.1 Å². The van der Waals surface area contributed by atoms with Gasteiger partial charge in [-0.3, -0.25) is 4.79 Å². The Balaban J connectivity index is 1.50. The van der Waals surface area contributed by atoms with Gasteiger partial charge >= 0.3 is 5.97 Å². The molecule has 0 fully saturated rings. The number of carbonyl (C=O) groups is 2. The zero-order valence-electron chi connectivity index (χ0n) is 17.0. The van der Waals surface area contributed by atoms with Crippen LogP contribution in [0.3, 0.4) is 0 Å². The number of nitrogen functional groups attached to an aromatic ring is 1. The molecule has 0 spiro atoms. The van der Waals surface area contributed by atoms with Crippen molar-refractivity contribution in [1.82, 2.24) is 9.88 Å². The monoisotopic (exact) mass is 495 g/mol. The van der Waals surface area contributed by atoms with E-state index >= 15 is 0 Å². The highest BCUT2D eigenvalue weighted by molar-refractivity contribution is 7.80. The lowest BCUT2D eigenvalue weighted by Gasteiger charge is -2.19. The van der Waals surface area contributed by atoms with Gasteiger partial charge in [0.1, 0.15) is 9.71 Å². The minimum atomic E-state index is -0.981. The zero-order valence-corrected chi connectivity index (χ0v) is 19.4. The van der Waals surface area contributed by atoms with Crippen LogP contribution in [0.15, 0.2) is 41.8 Å². The first-order chi connectivity index (χ1) is 15.8. The summed E-state index contributed by atoms with van der Waals surface area (Å²) in [6, 6.07) is 10.4. The van der Waals surface area contributed by atoms with E-state index in [9.17, 15) is 9.59 Å². The highest BCUT2D eigenvalue weighted by Gasteiger charge is 2.30. The number of nitrogens with two attached hydrogens (primary N) is 2. The second-order valence-electron chi connectivity index (χ2n) is 7.45. The molecule has 4 aromatic rings. The summed E-state index contributed by atoms with van der Waals surface area (Å²) in [6.07, 6.45) is 0. The van der Waals surface area contributed by atoms with Crippen LogP contribution < -0.4 is 16.8 Å². The normalized spacial score (nSPS) is 12.7. The average Bonchev–Trinajstić information content (AvgIpc) is 3.52. The quantitative estimate of drug-likeness (QED) is 0.311. The smallest absolute Gasteiger partial charge is 0.335 e. The molecule has 0 unspecified atom stereocenters. The average molecular weight is 496 g/mol. The van der Waals surface area contributed by atoms with Crippen molar-refractivity contribution in [1.29, 1.82) is 0 Å². The third-order valence-electron chi connectivity index (χ3n) is 5.41. The maximum Gasteiger partial charge on any atom is 0.335 e. The number of benzene rings is 1. The number of aromatic carboxylic acids is 1. The number of thiocarbonyl (C=S) groups is 1. The number of thiophene rings is 2. The Labute approximate surface area is 201 Å². The van der Waals surface area contributed by atoms with Gasteiger partial charge in [-0.2, -0.15) is 0 Å². The lowest BCUT2D eigenvalue weighted by molar-refractivity contribution is 0.0696. The summed E-state index contributed by atoms with van der Waals surface area (Å²) >= 11 is 8.42. The number of primary amides is 1. The molecule has 3 aromatic heterocycles. The molecule has 4 heterocycles. The van der Waals surface area contributed by atoms with Crippen LogP contribution >= 0.6 is 34.9 Å². The second-order valence-corrected chi connectivity index (χ2v) is 9.78. The number of amides is 1. The molecule has 1 aliphatic heterocycles. The van der Waals surface area contributed by atoms with Crippen LogP contribution in [0.2, 0.25) is 0 Å². The van der Waals surface area contributed by atoms with Crippen LogP contribution in [0.4, 0.5) is 11.4 Å². The van der Waals surface area contributed by atoms with Gasteiger partial charge in [0, 0.05) is 33.6 Å².